The van der Waals surface area contributed by atoms with E-state index in [4.69, 9.17) is 10.1 Å². The molecule has 0 aliphatic rings. The fourth-order valence-electron chi connectivity index (χ4n) is 2.91. The van der Waals surface area contributed by atoms with Gasteiger partial charge in [0.1, 0.15) is 11.5 Å². The number of pyridine rings is 1. The molecule has 0 N–H and O–H groups in total. The standard InChI is InChI=1S/C21H18BrN5/c1-2-27-14-18(21(26-27)16-4-3-10-23-13-16)19-9-11-24-20(25-19)12-15-5-7-17(22)8-6-15/h3-11,13-14H,2,12H2,1H3. The molecule has 0 amide bonds. The number of halogens is 1. The van der Waals surface area contributed by atoms with Crippen LogP contribution in [0.4, 0.5) is 0 Å². The Balaban J connectivity index is 1.71. The third-order valence-electron chi connectivity index (χ3n) is 4.28. The quantitative estimate of drug-likeness (QED) is 0.467. The van der Waals surface area contributed by atoms with Gasteiger partial charge in [-0.05, 0) is 42.8 Å². The predicted octanol–water partition coefficient (Wildman–Crippen LogP) is 4.78. The highest BCUT2D eigenvalue weighted by molar-refractivity contribution is 9.10. The van der Waals surface area contributed by atoms with Crippen molar-refractivity contribution in [2.45, 2.75) is 19.9 Å². The van der Waals surface area contributed by atoms with Crippen LogP contribution >= 0.6 is 15.9 Å². The Morgan fingerprint density at radius 1 is 1.04 bits per heavy atom. The number of benzene rings is 1. The van der Waals surface area contributed by atoms with Gasteiger partial charge in [-0.2, -0.15) is 5.10 Å². The molecular formula is C21H18BrN5. The van der Waals surface area contributed by atoms with Gasteiger partial charge in [0, 0.05) is 53.4 Å². The van der Waals surface area contributed by atoms with Crippen molar-refractivity contribution in [3.8, 4) is 22.5 Å². The van der Waals surface area contributed by atoms with Gasteiger partial charge >= 0.3 is 0 Å². The summed E-state index contributed by atoms with van der Waals surface area (Å²) in [5.41, 5.74) is 4.90. The molecule has 134 valence electrons. The molecule has 0 aliphatic heterocycles. The molecule has 0 radical (unpaired) electrons. The molecule has 0 aliphatic carbocycles. The normalized spacial score (nSPS) is 10.9. The molecule has 3 aromatic heterocycles. The summed E-state index contributed by atoms with van der Waals surface area (Å²) in [5.74, 6) is 0.788. The summed E-state index contributed by atoms with van der Waals surface area (Å²) >= 11 is 3.47. The zero-order valence-electron chi connectivity index (χ0n) is 14.9. The summed E-state index contributed by atoms with van der Waals surface area (Å²) < 4.78 is 2.99. The van der Waals surface area contributed by atoms with E-state index in [1.54, 1.807) is 6.20 Å². The van der Waals surface area contributed by atoms with Crippen molar-refractivity contribution in [2.75, 3.05) is 0 Å². The van der Waals surface area contributed by atoms with Crippen molar-refractivity contribution in [3.05, 3.63) is 83.1 Å². The molecule has 4 aromatic rings. The summed E-state index contributed by atoms with van der Waals surface area (Å²) in [5, 5.41) is 4.71. The van der Waals surface area contributed by atoms with Gasteiger partial charge in [-0.25, -0.2) is 9.97 Å². The molecule has 1 aromatic carbocycles. The average molecular weight is 420 g/mol. The second-order valence-corrected chi connectivity index (χ2v) is 7.07. The van der Waals surface area contributed by atoms with Crippen LogP contribution in [-0.4, -0.2) is 24.7 Å². The van der Waals surface area contributed by atoms with Crippen molar-refractivity contribution in [1.82, 2.24) is 24.7 Å². The van der Waals surface area contributed by atoms with Crippen molar-refractivity contribution in [1.29, 1.82) is 0 Å². The van der Waals surface area contributed by atoms with Crippen LogP contribution < -0.4 is 0 Å². The summed E-state index contributed by atoms with van der Waals surface area (Å²) in [6.45, 7) is 2.87. The minimum absolute atomic E-state index is 0.686. The van der Waals surface area contributed by atoms with E-state index in [0.29, 0.717) is 6.42 Å². The maximum atomic E-state index is 4.80. The molecule has 6 heteroatoms. The molecule has 0 atom stereocenters. The molecule has 27 heavy (non-hydrogen) atoms. The van der Waals surface area contributed by atoms with Crippen LogP contribution in [0.1, 0.15) is 18.3 Å². The smallest absolute Gasteiger partial charge is 0.133 e. The Hall–Kier alpha value is -2.86. The molecule has 0 spiro atoms. The number of hydrogen-bond acceptors (Lipinski definition) is 4. The van der Waals surface area contributed by atoms with E-state index in [2.05, 4.69) is 45.0 Å². The first-order valence-corrected chi connectivity index (χ1v) is 9.57. The first-order valence-electron chi connectivity index (χ1n) is 8.77. The second-order valence-electron chi connectivity index (χ2n) is 6.15. The third kappa shape index (κ3) is 3.95. The van der Waals surface area contributed by atoms with Gasteiger partial charge < -0.3 is 0 Å². The van der Waals surface area contributed by atoms with Gasteiger partial charge in [0.05, 0.1) is 5.69 Å². The van der Waals surface area contributed by atoms with Gasteiger partial charge in [-0.15, -0.1) is 0 Å². The molecule has 0 fully saturated rings. The maximum Gasteiger partial charge on any atom is 0.133 e. The summed E-state index contributed by atoms with van der Waals surface area (Å²) in [6.07, 6.45) is 8.13. The first-order chi connectivity index (χ1) is 13.2. The zero-order valence-corrected chi connectivity index (χ0v) is 16.5. The Bertz CT molecular complexity index is 1040. The SMILES string of the molecule is CCn1cc(-c2ccnc(Cc3ccc(Br)cc3)n2)c(-c2cccnc2)n1. The molecular weight excluding hydrogens is 402 g/mol. The van der Waals surface area contributed by atoms with Crippen molar-refractivity contribution >= 4 is 15.9 Å². The number of aryl methyl sites for hydroxylation is 1. The minimum Gasteiger partial charge on any atom is -0.272 e. The number of aromatic nitrogens is 5. The lowest BCUT2D eigenvalue weighted by molar-refractivity contribution is 0.662. The fraction of sp³-hybridized carbons (Fsp3) is 0.143. The highest BCUT2D eigenvalue weighted by Crippen LogP contribution is 2.29. The average Bonchev–Trinajstić information content (AvgIpc) is 3.15. The van der Waals surface area contributed by atoms with Crippen molar-refractivity contribution in [3.63, 3.8) is 0 Å². The highest BCUT2D eigenvalue weighted by atomic mass is 79.9. The van der Waals surface area contributed by atoms with Gasteiger partial charge in [-0.3, -0.25) is 9.67 Å². The summed E-state index contributed by atoms with van der Waals surface area (Å²) in [7, 11) is 0. The van der Waals surface area contributed by atoms with Gasteiger partial charge in [-0.1, -0.05) is 28.1 Å². The Morgan fingerprint density at radius 2 is 1.89 bits per heavy atom. The number of hydrogen-bond donors (Lipinski definition) is 0. The van der Waals surface area contributed by atoms with E-state index in [1.807, 2.05) is 53.6 Å². The first kappa shape index (κ1) is 17.5. The van der Waals surface area contributed by atoms with E-state index >= 15 is 0 Å². The Labute approximate surface area is 166 Å². The van der Waals surface area contributed by atoms with Crippen LogP contribution in [0.2, 0.25) is 0 Å². The monoisotopic (exact) mass is 419 g/mol. The molecule has 0 unspecified atom stereocenters. The van der Waals surface area contributed by atoms with Crippen LogP contribution in [0.5, 0.6) is 0 Å². The fourth-order valence-corrected chi connectivity index (χ4v) is 3.17. The Kier molecular flexibility index (Phi) is 5.07. The van der Waals surface area contributed by atoms with E-state index in [-0.39, 0.29) is 0 Å². The van der Waals surface area contributed by atoms with E-state index in [0.717, 1.165) is 39.4 Å². The molecule has 0 saturated carbocycles. The summed E-state index contributed by atoms with van der Waals surface area (Å²) in [6, 6.07) is 14.1. The number of nitrogens with zero attached hydrogens (tertiary/aromatic N) is 5. The van der Waals surface area contributed by atoms with Crippen LogP contribution in [0.3, 0.4) is 0 Å². The lowest BCUT2D eigenvalue weighted by Gasteiger charge is -2.05. The van der Waals surface area contributed by atoms with Crippen LogP contribution in [0.15, 0.2) is 71.7 Å². The minimum atomic E-state index is 0.686. The van der Waals surface area contributed by atoms with Crippen molar-refractivity contribution in [2.24, 2.45) is 0 Å². The van der Waals surface area contributed by atoms with E-state index in [1.165, 1.54) is 5.56 Å². The zero-order chi connectivity index (χ0) is 18.6. The topological polar surface area (TPSA) is 56.5 Å². The van der Waals surface area contributed by atoms with Gasteiger partial charge in [0.25, 0.3) is 0 Å². The third-order valence-corrected chi connectivity index (χ3v) is 4.81. The second kappa shape index (κ2) is 7.80. The van der Waals surface area contributed by atoms with Crippen molar-refractivity contribution < 1.29 is 0 Å². The Morgan fingerprint density at radius 3 is 2.63 bits per heavy atom. The predicted molar refractivity (Wildman–Crippen MR) is 109 cm³/mol. The molecule has 3 heterocycles. The van der Waals surface area contributed by atoms with Gasteiger partial charge in [0.15, 0.2) is 0 Å². The molecule has 0 bridgehead atoms. The lowest BCUT2D eigenvalue weighted by Crippen LogP contribution is -1.98. The van der Waals surface area contributed by atoms with E-state index in [9.17, 15) is 0 Å². The van der Waals surface area contributed by atoms with Crippen LogP contribution in [0, 0.1) is 0 Å². The van der Waals surface area contributed by atoms with Crippen LogP contribution in [0.25, 0.3) is 22.5 Å². The molecule has 4 rings (SSSR count). The molecule has 5 nitrogen and oxygen atoms in total. The highest BCUT2D eigenvalue weighted by Gasteiger charge is 2.15. The lowest BCUT2D eigenvalue weighted by atomic mass is 10.1. The van der Waals surface area contributed by atoms with E-state index < -0.39 is 0 Å². The molecule has 0 saturated heterocycles. The summed E-state index contributed by atoms with van der Waals surface area (Å²) in [4.78, 5) is 13.5. The van der Waals surface area contributed by atoms with Crippen LogP contribution in [-0.2, 0) is 13.0 Å². The number of rotatable bonds is 5. The maximum absolute atomic E-state index is 4.80. The largest absolute Gasteiger partial charge is 0.272 e. The van der Waals surface area contributed by atoms with Gasteiger partial charge in [0.2, 0.25) is 0 Å².